The summed E-state index contributed by atoms with van der Waals surface area (Å²) >= 11 is 0. The molecule has 0 amide bonds. The van der Waals surface area contributed by atoms with Crippen molar-refractivity contribution in [1.29, 1.82) is 0 Å². The molecule has 2 heterocycles. The third-order valence-corrected chi connectivity index (χ3v) is 2.41. The standard InChI is InChI=1S/C8H12O3/c9-8-2-1-7(11-8)6-3-4-10-5-6/h6-7H,1-5H2. The van der Waals surface area contributed by atoms with E-state index in [1.165, 1.54) is 0 Å². The molecule has 0 spiro atoms. The van der Waals surface area contributed by atoms with Crippen LogP contribution in [0.25, 0.3) is 0 Å². The second kappa shape index (κ2) is 2.81. The van der Waals surface area contributed by atoms with Gasteiger partial charge in [0.15, 0.2) is 0 Å². The summed E-state index contributed by atoms with van der Waals surface area (Å²) in [7, 11) is 0. The minimum Gasteiger partial charge on any atom is -0.462 e. The first-order valence-corrected chi connectivity index (χ1v) is 4.13. The molecular weight excluding hydrogens is 144 g/mol. The minimum atomic E-state index is -0.0399. The maximum atomic E-state index is 10.7. The molecule has 2 aliphatic heterocycles. The van der Waals surface area contributed by atoms with Gasteiger partial charge in [-0.05, 0) is 12.8 Å². The highest BCUT2D eigenvalue weighted by atomic mass is 16.6. The number of ether oxygens (including phenoxy) is 2. The Labute approximate surface area is 65.7 Å². The van der Waals surface area contributed by atoms with Crippen molar-refractivity contribution in [3.63, 3.8) is 0 Å². The zero-order chi connectivity index (χ0) is 7.68. The van der Waals surface area contributed by atoms with E-state index in [9.17, 15) is 4.79 Å². The van der Waals surface area contributed by atoms with Crippen molar-refractivity contribution in [3.8, 4) is 0 Å². The Balaban J connectivity index is 1.90. The lowest BCUT2D eigenvalue weighted by Gasteiger charge is -2.14. The number of hydrogen-bond acceptors (Lipinski definition) is 3. The predicted octanol–water partition coefficient (Wildman–Crippen LogP) is 0.728. The molecule has 0 aromatic heterocycles. The van der Waals surface area contributed by atoms with Gasteiger partial charge in [-0.2, -0.15) is 0 Å². The molecule has 2 rings (SSSR count). The van der Waals surface area contributed by atoms with E-state index in [2.05, 4.69) is 0 Å². The van der Waals surface area contributed by atoms with Crippen molar-refractivity contribution in [2.75, 3.05) is 13.2 Å². The van der Waals surface area contributed by atoms with E-state index in [0.717, 1.165) is 26.1 Å². The minimum absolute atomic E-state index is 0.0399. The summed E-state index contributed by atoms with van der Waals surface area (Å²) in [6.45, 7) is 1.61. The first kappa shape index (κ1) is 7.10. The molecule has 62 valence electrons. The number of esters is 1. The molecule has 0 radical (unpaired) electrons. The lowest BCUT2D eigenvalue weighted by molar-refractivity contribution is -0.143. The van der Waals surface area contributed by atoms with E-state index in [1.54, 1.807) is 0 Å². The molecule has 2 aliphatic rings. The van der Waals surface area contributed by atoms with Gasteiger partial charge in [-0.1, -0.05) is 0 Å². The first-order valence-electron chi connectivity index (χ1n) is 4.13. The predicted molar refractivity (Wildman–Crippen MR) is 38.0 cm³/mol. The molecule has 0 aliphatic carbocycles. The number of rotatable bonds is 1. The van der Waals surface area contributed by atoms with Crippen LogP contribution < -0.4 is 0 Å². The zero-order valence-corrected chi connectivity index (χ0v) is 6.41. The van der Waals surface area contributed by atoms with Crippen molar-refractivity contribution >= 4 is 5.97 Å². The molecule has 0 bridgehead atoms. The number of carbonyl (C=O) groups excluding carboxylic acids is 1. The van der Waals surface area contributed by atoms with Gasteiger partial charge in [0.2, 0.25) is 0 Å². The van der Waals surface area contributed by atoms with Gasteiger partial charge >= 0.3 is 5.97 Å². The van der Waals surface area contributed by atoms with Gasteiger partial charge in [-0.25, -0.2) is 0 Å². The lowest BCUT2D eigenvalue weighted by atomic mass is 10.00. The van der Waals surface area contributed by atoms with Crippen LogP contribution in [-0.4, -0.2) is 25.3 Å². The molecule has 0 aromatic rings. The monoisotopic (exact) mass is 156 g/mol. The first-order chi connectivity index (χ1) is 5.36. The number of cyclic esters (lactones) is 1. The number of carbonyl (C=O) groups is 1. The second-order valence-electron chi connectivity index (χ2n) is 3.19. The second-order valence-corrected chi connectivity index (χ2v) is 3.19. The Morgan fingerprint density at radius 1 is 1.36 bits per heavy atom. The van der Waals surface area contributed by atoms with Crippen molar-refractivity contribution in [1.82, 2.24) is 0 Å². The van der Waals surface area contributed by atoms with Gasteiger partial charge in [0.25, 0.3) is 0 Å². The van der Waals surface area contributed by atoms with Crippen LogP contribution in [0.4, 0.5) is 0 Å². The Morgan fingerprint density at radius 2 is 2.27 bits per heavy atom. The molecule has 3 heteroatoms. The largest absolute Gasteiger partial charge is 0.462 e. The van der Waals surface area contributed by atoms with E-state index in [1.807, 2.05) is 0 Å². The fourth-order valence-corrected chi connectivity index (χ4v) is 1.72. The van der Waals surface area contributed by atoms with Crippen LogP contribution in [0.5, 0.6) is 0 Å². The van der Waals surface area contributed by atoms with Crippen LogP contribution in [0.1, 0.15) is 19.3 Å². The summed E-state index contributed by atoms with van der Waals surface area (Å²) in [4.78, 5) is 10.7. The van der Waals surface area contributed by atoms with Gasteiger partial charge in [-0.15, -0.1) is 0 Å². The molecule has 2 saturated heterocycles. The highest BCUT2D eigenvalue weighted by Crippen LogP contribution is 2.27. The maximum absolute atomic E-state index is 10.7. The van der Waals surface area contributed by atoms with Crippen LogP contribution in [0, 0.1) is 5.92 Å². The van der Waals surface area contributed by atoms with Crippen LogP contribution in [0.15, 0.2) is 0 Å². The SMILES string of the molecule is O=C1CCC(C2CCOC2)O1. The van der Waals surface area contributed by atoms with Crippen molar-refractivity contribution in [2.24, 2.45) is 5.92 Å². The summed E-state index contributed by atoms with van der Waals surface area (Å²) in [6.07, 6.45) is 2.70. The molecular formula is C8H12O3. The highest BCUT2D eigenvalue weighted by molar-refractivity contribution is 5.71. The van der Waals surface area contributed by atoms with Crippen LogP contribution in [0.3, 0.4) is 0 Å². The quantitative estimate of drug-likeness (QED) is 0.525. The average Bonchev–Trinajstić information content (AvgIpc) is 2.55. The average molecular weight is 156 g/mol. The molecule has 2 unspecified atom stereocenters. The molecule has 2 atom stereocenters. The maximum Gasteiger partial charge on any atom is 0.306 e. The van der Waals surface area contributed by atoms with Crippen LogP contribution in [0.2, 0.25) is 0 Å². The van der Waals surface area contributed by atoms with E-state index in [0.29, 0.717) is 12.3 Å². The molecule has 0 N–H and O–H groups in total. The van der Waals surface area contributed by atoms with Gasteiger partial charge in [-0.3, -0.25) is 4.79 Å². The van der Waals surface area contributed by atoms with Gasteiger partial charge < -0.3 is 9.47 Å². The summed E-state index contributed by atoms with van der Waals surface area (Å²) in [5.74, 6) is 0.434. The smallest absolute Gasteiger partial charge is 0.306 e. The van der Waals surface area contributed by atoms with Gasteiger partial charge in [0.1, 0.15) is 6.10 Å². The topological polar surface area (TPSA) is 35.5 Å². The van der Waals surface area contributed by atoms with Gasteiger partial charge in [0, 0.05) is 18.9 Å². The summed E-state index contributed by atoms with van der Waals surface area (Å²) < 4.78 is 10.3. The van der Waals surface area contributed by atoms with Crippen molar-refractivity contribution < 1.29 is 14.3 Å². The summed E-state index contributed by atoms with van der Waals surface area (Å²) in [5.41, 5.74) is 0. The van der Waals surface area contributed by atoms with Crippen LogP contribution in [-0.2, 0) is 14.3 Å². The van der Waals surface area contributed by atoms with E-state index in [-0.39, 0.29) is 12.1 Å². The Morgan fingerprint density at radius 3 is 2.82 bits per heavy atom. The van der Waals surface area contributed by atoms with E-state index < -0.39 is 0 Å². The highest BCUT2D eigenvalue weighted by Gasteiger charge is 2.33. The van der Waals surface area contributed by atoms with Crippen LogP contribution >= 0.6 is 0 Å². The molecule has 3 nitrogen and oxygen atoms in total. The van der Waals surface area contributed by atoms with Crippen molar-refractivity contribution in [2.45, 2.75) is 25.4 Å². The van der Waals surface area contributed by atoms with Gasteiger partial charge in [0.05, 0.1) is 6.61 Å². The molecule has 0 saturated carbocycles. The van der Waals surface area contributed by atoms with E-state index >= 15 is 0 Å². The lowest BCUT2D eigenvalue weighted by Crippen LogP contribution is -2.20. The fraction of sp³-hybridized carbons (Fsp3) is 0.875. The Kier molecular flexibility index (Phi) is 1.82. The van der Waals surface area contributed by atoms with Crippen molar-refractivity contribution in [3.05, 3.63) is 0 Å². The third-order valence-electron chi connectivity index (χ3n) is 2.41. The summed E-state index contributed by atoms with van der Waals surface area (Å²) in [6, 6.07) is 0. The number of hydrogen-bond donors (Lipinski definition) is 0. The third kappa shape index (κ3) is 1.38. The molecule has 0 aromatic carbocycles. The fourth-order valence-electron chi connectivity index (χ4n) is 1.72. The normalized spacial score (nSPS) is 37.6. The molecule has 11 heavy (non-hydrogen) atoms. The zero-order valence-electron chi connectivity index (χ0n) is 6.41. The Bertz CT molecular complexity index is 161. The summed E-state index contributed by atoms with van der Waals surface area (Å²) in [5, 5.41) is 0. The van der Waals surface area contributed by atoms with E-state index in [4.69, 9.17) is 9.47 Å². The molecule has 2 fully saturated rings. The Hall–Kier alpha value is -0.570.